The summed E-state index contributed by atoms with van der Waals surface area (Å²) in [5.41, 5.74) is 12.2. The first kappa shape index (κ1) is 10.9. The van der Waals surface area contributed by atoms with Gasteiger partial charge in [-0.2, -0.15) is 0 Å². The molecule has 0 rings (SSSR count). The number of nitrogens with one attached hydrogen (secondary N) is 1. The summed E-state index contributed by atoms with van der Waals surface area (Å²) >= 11 is 0. The van der Waals surface area contributed by atoms with Gasteiger partial charge in [0.1, 0.15) is 0 Å². The Bertz CT molecular complexity index is 30.7. The Morgan fingerprint density at radius 3 is 1.57 bits per heavy atom. The van der Waals surface area contributed by atoms with Crippen LogP contribution in [0.5, 0.6) is 0 Å². The van der Waals surface area contributed by atoms with Crippen molar-refractivity contribution >= 4 is 0 Å². The maximum Gasteiger partial charge on any atom is 0 e. The van der Waals surface area contributed by atoms with E-state index in [4.69, 9.17) is 11.5 Å². The van der Waals surface area contributed by atoms with Gasteiger partial charge in [-0.1, -0.05) is 13.8 Å². The molecule has 41 valence electrons. The summed E-state index contributed by atoms with van der Waals surface area (Å²) in [6.45, 7) is 3.61. The van der Waals surface area contributed by atoms with Crippen molar-refractivity contribution in [1.29, 1.82) is 0 Å². The van der Waals surface area contributed by atoms with Gasteiger partial charge in [0.25, 0.3) is 0 Å². The van der Waals surface area contributed by atoms with E-state index in [1.165, 1.54) is 0 Å². The zero-order valence-electron chi connectivity index (χ0n) is 4.81. The number of nitrogens with two attached hydrogens (primary N) is 1. The molecule has 0 spiro atoms. The van der Waals surface area contributed by atoms with Crippen LogP contribution in [-0.2, 0) is 32.7 Å². The van der Waals surface area contributed by atoms with Gasteiger partial charge < -0.3 is 11.5 Å². The van der Waals surface area contributed by atoms with Crippen LogP contribution in [0.3, 0.4) is 0 Å². The second-order valence-corrected chi connectivity index (χ2v) is 1.65. The molecular weight excluding hydrogens is 165 g/mol. The van der Waals surface area contributed by atoms with Gasteiger partial charge in [-0.05, 0) is 6.04 Å². The molecule has 3 N–H and O–H groups in total. The Kier molecular flexibility index (Phi) is 8.05. The Hall–Kier alpha value is 1.02. The molecule has 3 heteroatoms. The van der Waals surface area contributed by atoms with Crippen LogP contribution >= 0.6 is 0 Å². The predicted octanol–water partition coefficient (Wildman–Crippen LogP) is 0.772. The molecule has 0 aromatic heterocycles. The fourth-order valence-corrected chi connectivity index (χ4v) is 0. The maximum absolute atomic E-state index is 6.91. The van der Waals surface area contributed by atoms with Gasteiger partial charge in [0.05, 0.1) is 0 Å². The Morgan fingerprint density at radius 1 is 1.43 bits per heavy atom. The molecule has 0 aromatic rings. The standard InChI is InChI=1S/C4H11N2.Y/c1-3(5)4(2)6;/h3-5H,6H2,1-2H3;/q-1;. The van der Waals surface area contributed by atoms with Gasteiger partial charge in [-0.15, -0.1) is 6.04 Å². The second kappa shape index (κ2) is 5.17. The third-order valence-corrected chi connectivity index (χ3v) is 0.789. The fourth-order valence-electron chi connectivity index (χ4n) is 0. The van der Waals surface area contributed by atoms with E-state index in [-0.39, 0.29) is 44.8 Å². The van der Waals surface area contributed by atoms with E-state index in [9.17, 15) is 0 Å². The third-order valence-electron chi connectivity index (χ3n) is 0.789. The molecular formula is C4H11N2Y-. The van der Waals surface area contributed by atoms with Crippen molar-refractivity contribution in [1.82, 2.24) is 0 Å². The Labute approximate surface area is 69.9 Å². The van der Waals surface area contributed by atoms with Gasteiger partial charge in [-0.3, -0.25) is 0 Å². The fraction of sp³-hybridized carbons (Fsp3) is 1.00. The SMILES string of the molecule is CC([NH-])C(C)N.[Y]. The summed E-state index contributed by atoms with van der Waals surface area (Å²) < 4.78 is 0. The molecule has 0 aliphatic carbocycles. The molecule has 0 amide bonds. The van der Waals surface area contributed by atoms with Crippen LogP contribution in [0, 0.1) is 0 Å². The van der Waals surface area contributed by atoms with E-state index in [1.54, 1.807) is 6.92 Å². The van der Waals surface area contributed by atoms with Gasteiger partial charge in [0, 0.05) is 32.7 Å². The Balaban J connectivity index is 0. The predicted molar refractivity (Wildman–Crippen MR) is 27.4 cm³/mol. The summed E-state index contributed by atoms with van der Waals surface area (Å²) in [4.78, 5) is 0. The van der Waals surface area contributed by atoms with Crippen molar-refractivity contribution < 1.29 is 32.7 Å². The smallest absolute Gasteiger partial charge is 0 e. The van der Waals surface area contributed by atoms with Crippen LogP contribution in [0.4, 0.5) is 0 Å². The van der Waals surface area contributed by atoms with Crippen molar-refractivity contribution in [3.05, 3.63) is 5.73 Å². The average Bonchev–Trinajstić information content (AvgIpc) is 1.36. The normalized spacial score (nSPS) is 17.1. The van der Waals surface area contributed by atoms with E-state index in [0.29, 0.717) is 0 Å². The molecule has 7 heavy (non-hydrogen) atoms. The molecule has 2 atom stereocenters. The van der Waals surface area contributed by atoms with E-state index < -0.39 is 0 Å². The van der Waals surface area contributed by atoms with Crippen molar-refractivity contribution in [2.75, 3.05) is 0 Å². The van der Waals surface area contributed by atoms with E-state index >= 15 is 0 Å². The zero-order valence-corrected chi connectivity index (χ0v) is 7.65. The first-order valence-electron chi connectivity index (χ1n) is 2.11. The zero-order chi connectivity index (χ0) is 5.15. The molecule has 2 nitrogen and oxygen atoms in total. The van der Waals surface area contributed by atoms with Crippen molar-refractivity contribution in [3.63, 3.8) is 0 Å². The average molecular weight is 176 g/mol. The summed E-state index contributed by atoms with van der Waals surface area (Å²) in [5.74, 6) is 0. The first-order valence-corrected chi connectivity index (χ1v) is 2.11. The van der Waals surface area contributed by atoms with E-state index in [1.807, 2.05) is 6.92 Å². The molecule has 1 radical (unpaired) electrons. The van der Waals surface area contributed by atoms with Crippen LogP contribution in [-0.4, -0.2) is 12.1 Å². The topological polar surface area (TPSA) is 49.8 Å². The van der Waals surface area contributed by atoms with E-state index in [0.717, 1.165) is 0 Å². The van der Waals surface area contributed by atoms with Gasteiger partial charge >= 0.3 is 0 Å². The summed E-state index contributed by atoms with van der Waals surface area (Å²) in [6, 6.07) is -0.102. The third kappa shape index (κ3) is 7.02. The summed E-state index contributed by atoms with van der Waals surface area (Å²) in [7, 11) is 0. The van der Waals surface area contributed by atoms with Gasteiger partial charge in [0.2, 0.25) is 0 Å². The summed E-state index contributed by atoms with van der Waals surface area (Å²) in [6.07, 6.45) is 0. The monoisotopic (exact) mass is 176 g/mol. The summed E-state index contributed by atoms with van der Waals surface area (Å²) in [5, 5.41) is 0. The molecule has 0 bridgehead atoms. The molecule has 0 saturated carbocycles. The van der Waals surface area contributed by atoms with Crippen LogP contribution in [0.25, 0.3) is 5.73 Å². The van der Waals surface area contributed by atoms with E-state index in [2.05, 4.69) is 0 Å². The molecule has 0 aromatic carbocycles. The minimum absolute atomic E-state index is 0. The minimum atomic E-state index is -0.120. The van der Waals surface area contributed by atoms with Crippen LogP contribution in [0.2, 0.25) is 0 Å². The molecule has 0 fully saturated rings. The van der Waals surface area contributed by atoms with Crippen LogP contribution in [0.15, 0.2) is 0 Å². The Morgan fingerprint density at radius 2 is 1.57 bits per heavy atom. The van der Waals surface area contributed by atoms with Crippen molar-refractivity contribution in [2.24, 2.45) is 5.73 Å². The van der Waals surface area contributed by atoms with Crippen molar-refractivity contribution in [2.45, 2.75) is 25.9 Å². The second-order valence-electron chi connectivity index (χ2n) is 1.65. The maximum atomic E-state index is 6.91. The van der Waals surface area contributed by atoms with Gasteiger partial charge in [-0.25, -0.2) is 0 Å². The number of rotatable bonds is 1. The molecule has 0 aliphatic heterocycles. The largest absolute Gasteiger partial charge is 0.674 e. The minimum Gasteiger partial charge on any atom is -0.674 e. The molecule has 2 unspecified atom stereocenters. The molecule has 0 heterocycles. The number of hydrogen-bond acceptors (Lipinski definition) is 1. The van der Waals surface area contributed by atoms with Crippen LogP contribution < -0.4 is 5.73 Å². The molecule has 0 saturated heterocycles. The first-order chi connectivity index (χ1) is 2.64. The quantitative estimate of drug-likeness (QED) is 0.630. The van der Waals surface area contributed by atoms with Crippen LogP contribution in [0.1, 0.15) is 13.8 Å². The van der Waals surface area contributed by atoms with Crippen molar-refractivity contribution in [3.8, 4) is 0 Å². The van der Waals surface area contributed by atoms with Gasteiger partial charge in [0.15, 0.2) is 0 Å². The molecule has 0 aliphatic rings. The number of hydrogen-bond donors (Lipinski definition) is 1.